The van der Waals surface area contributed by atoms with Gasteiger partial charge in [-0.1, -0.05) is 24.4 Å². The fourth-order valence-electron chi connectivity index (χ4n) is 2.88. The van der Waals surface area contributed by atoms with Crippen LogP contribution >= 0.6 is 23.6 Å². The topological polar surface area (TPSA) is 38.0 Å². The zero-order chi connectivity index (χ0) is 14.1. The molecular weight excluding hydrogens is 284 g/mol. The maximum atomic E-state index is 5.86. The Kier molecular flexibility index (Phi) is 3.76. The van der Waals surface area contributed by atoms with Gasteiger partial charge in [0, 0.05) is 16.1 Å². The third kappa shape index (κ3) is 2.45. The lowest BCUT2D eigenvalue weighted by atomic mass is 9.93. The number of rotatable bonds is 3. The summed E-state index contributed by atoms with van der Waals surface area (Å²) in [7, 11) is 0. The van der Waals surface area contributed by atoms with E-state index in [1.807, 2.05) is 23.5 Å². The van der Waals surface area contributed by atoms with Crippen LogP contribution in [-0.2, 0) is 6.42 Å². The first-order valence-electron chi connectivity index (χ1n) is 6.89. The number of benzene rings is 1. The summed E-state index contributed by atoms with van der Waals surface area (Å²) in [5, 5.41) is 5.87. The van der Waals surface area contributed by atoms with Crippen LogP contribution in [0.15, 0.2) is 29.6 Å². The monoisotopic (exact) mass is 302 g/mol. The Morgan fingerprint density at radius 2 is 2.25 bits per heavy atom. The first-order chi connectivity index (χ1) is 9.66. The molecule has 0 radical (unpaired) electrons. The summed E-state index contributed by atoms with van der Waals surface area (Å²) in [6.07, 6.45) is 3.61. The standard InChI is InChI=1S/C16H18N2S2/c1-10-4-2-5-12(16(17)19)15(10)18-13-6-3-7-14-11(13)8-9-20-14/h2,4-5,8-9,13,18H,3,6-7H2,1H3,(H2,17,19). The Bertz CT molecular complexity index is 646. The van der Waals surface area contributed by atoms with Crippen molar-refractivity contribution in [3.8, 4) is 0 Å². The second-order valence-corrected chi connectivity index (χ2v) is 6.69. The van der Waals surface area contributed by atoms with Gasteiger partial charge in [-0.15, -0.1) is 11.3 Å². The molecule has 1 aromatic heterocycles. The molecule has 0 fully saturated rings. The van der Waals surface area contributed by atoms with Crippen LogP contribution in [0.3, 0.4) is 0 Å². The molecule has 1 heterocycles. The molecule has 0 saturated carbocycles. The molecule has 0 bridgehead atoms. The predicted molar refractivity (Wildman–Crippen MR) is 90.7 cm³/mol. The van der Waals surface area contributed by atoms with Crippen molar-refractivity contribution in [1.29, 1.82) is 0 Å². The van der Waals surface area contributed by atoms with Crippen molar-refractivity contribution in [1.82, 2.24) is 0 Å². The van der Waals surface area contributed by atoms with Crippen molar-refractivity contribution < 1.29 is 0 Å². The van der Waals surface area contributed by atoms with E-state index in [2.05, 4.69) is 29.8 Å². The lowest BCUT2D eigenvalue weighted by Crippen LogP contribution is -2.19. The maximum absolute atomic E-state index is 5.86. The number of hydrogen-bond acceptors (Lipinski definition) is 3. The van der Waals surface area contributed by atoms with Gasteiger partial charge in [-0.05, 0) is 54.8 Å². The molecule has 1 aliphatic carbocycles. The molecule has 0 aliphatic heterocycles. The number of aryl methyl sites for hydroxylation is 2. The first kappa shape index (κ1) is 13.6. The molecule has 1 atom stereocenters. The molecule has 1 aromatic carbocycles. The molecule has 4 heteroatoms. The smallest absolute Gasteiger partial charge is 0.106 e. The first-order valence-corrected chi connectivity index (χ1v) is 8.18. The number of thiocarbonyl (C=S) groups is 1. The maximum Gasteiger partial charge on any atom is 0.106 e. The molecule has 1 unspecified atom stereocenters. The van der Waals surface area contributed by atoms with Crippen molar-refractivity contribution in [3.63, 3.8) is 0 Å². The van der Waals surface area contributed by atoms with Gasteiger partial charge in [0.2, 0.25) is 0 Å². The van der Waals surface area contributed by atoms with E-state index in [0.29, 0.717) is 11.0 Å². The van der Waals surface area contributed by atoms with Crippen LogP contribution < -0.4 is 11.1 Å². The second kappa shape index (κ2) is 5.54. The van der Waals surface area contributed by atoms with Crippen LogP contribution in [0.5, 0.6) is 0 Å². The molecule has 3 rings (SSSR count). The molecule has 0 saturated heterocycles. The highest BCUT2D eigenvalue weighted by Crippen LogP contribution is 2.36. The number of hydrogen-bond donors (Lipinski definition) is 2. The summed E-state index contributed by atoms with van der Waals surface area (Å²) in [5.74, 6) is 0. The van der Waals surface area contributed by atoms with Gasteiger partial charge >= 0.3 is 0 Å². The van der Waals surface area contributed by atoms with Crippen LogP contribution in [-0.4, -0.2) is 4.99 Å². The number of nitrogens with one attached hydrogen (secondary N) is 1. The van der Waals surface area contributed by atoms with Gasteiger partial charge in [0.15, 0.2) is 0 Å². The van der Waals surface area contributed by atoms with Gasteiger partial charge in [-0.3, -0.25) is 0 Å². The molecular formula is C16H18N2S2. The van der Waals surface area contributed by atoms with Crippen molar-refractivity contribution in [2.75, 3.05) is 5.32 Å². The number of thiophene rings is 1. The molecule has 2 aromatic rings. The van der Waals surface area contributed by atoms with E-state index in [-0.39, 0.29) is 0 Å². The number of anilines is 1. The number of nitrogens with two attached hydrogens (primary N) is 1. The normalized spacial score (nSPS) is 17.6. The minimum Gasteiger partial charge on any atom is -0.389 e. The van der Waals surface area contributed by atoms with E-state index in [9.17, 15) is 0 Å². The zero-order valence-electron chi connectivity index (χ0n) is 11.5. The average Bonchev–Trinajstić information content (AvgIpc) is 2.90. The molecule has 0 amide bonds. The minimum atomic E-state index is 0.374. The fraction of sp³-hybridized carbons (Fsp3) is 0.312. The van der Waals surface area contributed by atoms with E-state index in [0.717, 1.165) is 17.7 Å². The van der Waals surface area contributed by atoms with Crippen LogP contribution in [0, 0.1) is 6.92 Å². The highest BCUT2D eigenvalue weighted by Gasteiger charge is 2.22. The summed E-state index contributed by atoms with van der Waals surface area (Å²) in [5.41, 5.74) is 10.5. The molecule has 1 aliphatic rings. The van der Waals surface area contributed by atoms with Gasteiger partial charge in [0.25, 0.3) is 0 Å². The summed E-state index contributed by atoms with van der Waals surface area (Å²) < 4.78 is 0. The molecule has 3 N–H and O–H groups in total. The third-order valence-corrected chi connectivity index (χ3v) is 5.13. The molecule has 0 spiro atoms. The molecule has 104 valence electrons. The van der Waals surface area contributed by atoms with Crippen molar-refractivity contribution in [3.05, 3.63) is 51.2 Å². The quantitative estimate of drug-likeness (QED) is 0.835. The summed E-state index contributed by atoms with van der Waals surface area (Å²) >= 11 is 7.04. The van der Waals surface area contributed by atoms with Gasteiger partial charge in [-0.2, -0.15) is 0 Å². The summed E-state index contributed by atoms with van der Waals surface area (Å²) in [6, 6.07) is 8.72. The summed E-state index contributed by atoms with van der Waals surface area (Å²) in [4.78, 5) is 1.97. The lowest BCUT2D eigenvalue weighted by molar-refractivity contribution is 0.608. The van der Waals surface area contributed by atoms with Crippen molar-refractivity contribution >= 4 is 34.2 Å². The molecule has 2 nitrogen and oxygen atoms in total. The molecule has 20 heavy (non-hydrogen) atoms. The number of para-hydroxylation sites is 1. The van der Waals surface area contributed by atoms with Crippen LogP contribution in [0.2, 0.25) is 0 Å². The van der Waals surface area contributed by atoms with E-state index in [1.165, 1.54) is 28.8 Å². The highest BCUT2D eigenvalue weighted by molar-refractivity contribution is 7.80. The Balaban J connectivity index is 1.96. The predicted octanol–water partition coefficient (Wildman–Crippen LogP) is 4.18. The largest absolute Gasteiger partial charge is 0.389 e. The minimum absolute atomic E-state index is 0.374. The van der Waals surface area contributed by atoms with Crippen LogP contribution in [0.1, 0.15) is 40.5 Å². The van der Waals surface area contributed by atoms with Gasteiger partial charge in [0.05, 0.1) is 6.04 Å². The van der Waals surface area contributed by atoms with Crippen molar-refractivity contribution in [2.24, 2.45) is 5.73 Å². The van der Waals surface area contributed by atoms with E-state index in [4.69, 9.17) is 18.0 Å². The lowest BCUT2D eigenvalue weighted by Gasteiger charge is -2.26. The Labute approximate surface area is 129 Å². The van der Waals surface area contributed by atoms with Gasteiger partial charge < -0.3 is 11.1 Å². The SMILES string of the molecule is Cc1cccc(C(N)=S)c1NC1CCCc2sccc21. The van der Waals surface area contributed by atoms with Crippen LogP contribution in [0.25, 0.3) is 0 Å². The number of fused-ring (bicyclic) bond motifs is 1. The van der Waals surface area contributed by atoms with Crippen molar-refractivity contribution in [2.45, 2.75) is 32.2 Å². The van der Waals surface area contributed by atoms with Crippen LogP contribution in [0.4, 0.5) is 5.69 Å². The average molecular weight is 302 g/mol. The second-order valence-electron chi connectivity index (χ2n) is 5.25. The fourth-order valence-corrected chi connectivity index (χ4v) is 4.03. The highest BCUT2D eigenvalue weighted by atomic mass is 32.1. The van der Waals surface area contributed by atoms with E-state index >= 15 is 0 Å². The third-order valence-electron chi connectivity index (χ3n) is 3.91. The van der Waals surface area contributed by atoms with Gasteiger partial charge in [-0.25, -0.2) is 0 Å². The Hall–Kier alpha value is -1.39. The zero-order valence-corrected chi connectivity index (χ0v) is 13.1. The summed E-state index contributed by atoms with van der Waals surface area (Å²) in [6.45, 7) is 2.10. The Morgan fingerprint density at radius 3 is 3.05 bits per heavy atom. The van der Waals surface area contributed by atoms with E-state index in [1.54, 1.807) is 0 Å². The Morgan fingerprint density at radius 1 is 1.40 bits per heavy atom. The van der Waals surface area contributed by atoms with E-state index < -0.39 is 0 Å². The van der Waals surface area contributed by atoms with Gasteiger partial charge in [0.1, 0.15) is 4.99 Å².